The molecule has 0 unspecified atom stereocenters. The molecule has 0 saturated heterocycles. The van der Waals surface area contributed by atoms with Crippen molar-refractivity contribution >= 4 is 38.5 Å². The lowest BCUT2D eigenvalue weighted by Crippen LogP contribution is -2.22. The van der Waals surface area contributed by atoms with E-state index in [2.05, 4.69) is 16.0 Å². The molecule has 35 heavy (non-hydrogen) atoms. The topological polar surface area (TPSA) is 95.8 Å². The summed E-state index contributed by atoms with van der Waals surface area (Å²) < 4.78 is 3.28. The van der Waals surface area contributed by atoms with Crippen molar-refractivity contribution in [2.75, 3.05) is 0 Å². The first-order chi connectivity index (χ1) is 17.0. The number of hydrogen-bond donors (Lipinski definition) is 0. The Morgan fingerprint density at radius 1 is 0.886 bits per heavy atom. The number of nitro groups is 1. The van der Waals surface area contributed by atoms with E-state index in [-0.39, 0.29) is 17.9 Å². The van der Waals surface area contributed by atoms with Crippen LogP contribution >= 0.6 is 0 Å². The summed E-state index contributed by atoms with van der Waals surface area (Å²) in [6.45, 7) is 0.287. The van der Waals surface area contributed by atoms with Crippen LogP contribution in [0.2, 0.25) is 0 Å². The van der Waals surface area contributed by atoms with Gasteiger partial charge in [-0.05, 0) is 35.4 Å². The molecule has 0 aliphatic rings. The van der Waals surface area contributed by atoms with E-state index < -0.39 is 4.92 Å². The maximum absolute atomic E-state index is 13.2. The Morgan fingerprint density at radius 2 is 1.66 bits per heavy atom. The van der Waals surface area contributed by atoms with Crippen molar-refractivity contribution in [1.29, 1.82) is 0 Å². The quantitative estimate of drug-likeness (QED) is 0.270. The summed E-state index contributed by atoms with van der Waals surface area (Å²) in [4.78, 5) is 32.9. The molecule has 0 bridgehead atoms. The van der Waals surface area contributed by atoms with E-state index in [1.54, 1.807) is 34.5 Å². The van der Waals surface area contributed by atoms with Crippen LogP contribution in [0.25, 0.3) is 44.0 Å². The number of fused-ring (bicyclic) bond motifs is 4. The van der Waals surface area contributed by atoms with Gasteiger partial charge in [0, 0.05) is 41.7 Å². The van der Waals surface area contributed by atoms with E-state index in [1.807, 2.05) is 48.7 Å². The number of aromatic nitrogens is 4. The summed E-state index contributed by atoms with van der Waals surface area (Å²) in [5.74, 6) is 0. The van der Waals surface area contributed by atoms with E-state index in [9.17, 15) is 14.9 Å². The second-order valence-corrected chi connectivity index (χ2v) is 8.49. The minimum atomic E-state index is -0.438. The molecule has 0 fully saturated rings. The highest BCUT2D eigenvalue weighted by Crippen LogP contribution is 2.29. The van der Waals surface area contributed by atoms with Crippen molar-refractivity contribution in [2.45, 2.75) is 6.54 Å². The average molecular weight is 461 g/mol. The Bertz CT molecular complexity index is 1830. The predicted molar refractivity (Wildman–Crippen MR) is 135 cm³/mol. The molecule has 0 atom stereocenters. The van der Waals surface area contributed by atoms with Gasteiger partial charge >= 0.3 is 5.69 Å². The summed E-state index contributed by atoms with van der Waals surface area (Å²) >= 11 is 0. The molecule has 0 spiro atoms. The van der Waals surface area contributed by atoms with Gasteiger partial charge < -0.3 is 0 Å². The van der Waals surface area contributed by atoms with Gasteiger partial charge in [-0.3, -0.25) is 29.2 Å². The number of para-hydroxylation sites is 1. The average Bonchev–Trinajstić information content (AvgIpc) is 3.13. The number of imidazole rings is 1. The van der Waals surface area contributed by atoms with Crippen LogP contribution in [-0.4, -0.2) is 24.0 Å². The van der Waals surface area contributed by atoms with Crippen LogP contribution in [0.15, 0.2) is 90.0 Å². The Labute approximate surface area is 198 Å². The van der Waals surface area contributed by atoms with Crippen LogP contribution in [0.3, 0.4) is 0 Å². The zero-order valence-electron chi connectivity index (χ0n) is 18.8. The molecule has 6 rings (SSSR count). The number of hydrogen-bond acceptors (Lipinski definition) is 5. The summed E-state index contributed by atoms with van der Waals surface area (Å²) in [6, 6.07) is 22.3. The zero-order chi connectivity index (χ0) is 24.1. The first-order valence-electron chi connectivity index (χ1n) is 11.1. The number of nitrogens with zero attached hydrogens (tertiary/aromatic N) is 5. The van der Waals surface area contributed by atoms with E-state index in [4.69, 9.17) is 0 Å². The first-order valence-corrected chi connectivity index (χ1v) is 11.1. The van der Waals surface area contributed by atoms with Crippen LogP contribution in [0, 0.1) is 10.1 Å². The minimum Gasteiger partial charge on any atom is -0.294 e. The molecule has 8 nitrogen and oxygen atoms in total. The van der Waals surface area contributed by atoms with E-state index >= 15 is 0 Å². The molecule has 0 amide bonds. The fourth-order valence-corrected chi connectivity index (χ4v) is 4.56. The highest BCUT2D eigenvalue weighted by atomic mass is 16.6. The van der Waals surface area contributed by atoms with Gasteiger partial charge in [-0.25, -0.2) is 4.79 Å². The van der Waals surface area contributed by atoms with E-state index in [0.29, 0.717) is 5.52 Å². The number of non-ortho nitro benzene ring substituents is 1. The third-order valence-electron chi connectivity index (χ3n) is 6.38. The van der Waals surface area contributed by atoms with Crippen LogP contribution in [0.1, 0.15) is 5.56 Å². The van der Waals surface area contributed by atoms with Gasteiger partial charge in [0.2, 0.25) is 0 Å². The summed E-state index contributed by atoms with van der Waals surface area (Å²) in [7, 11) is 1.75. The number of benzene rings is 3. The molecule has 0 aliphatic carbocycles. The van der Waals surface area contributed by atoms with Crippen molar-refractivity contribution in [3.8, 4) is 11.1 Å². The Kier molecular flexibility index (Phi) is 4.67. The number of nitro benzene ring substituents is 1. The van der Waals surface area contributed by atoms with Crippen molar-refractivity contribution in [3.05, 3.63) is 111 Å². The number of rotatable bonds is 4. The third-order valence-corrected chi connectivity index (χ3v) is 6.38. The van der Waals surface area contributed by atoms with Crippen molar-refractivity contribution in [2.24, 2.45) is 7.05 Å². The molecule has 0 N–H and O–H groups in total. The second kappa shape index (κ2) is 7.88. The standard InChI is InChI=1S/C27H19N5O3/c1-30-26-22-13-18(20-12-19-4-2-3-5-23(19)28-14-20)8-11-24(22)29-15-25(26)31(27(30)33)16-17-6-9-21(10-7-17)32(34)35/h2-15H,16H2,1H3. The molecule has 3 aromatic heterocycles. The van der Waals surface area contributed by atoms with Crippen molar-refractivity contribution < 1.29 is 4.92 Å². The predicted octanol–water partition coefficient (Wildman–Crippen LogP) is 5.06. The highest BCUT2D eigenvalue weighted by Gasteiger charge is 2.16. The Hall–Kier alpha value is -4.85. The number of pyridine rings is 2. The van der Waals surface area contributed by atoms with Gasteiger partial charge in [0.25, 0.3) is 5.69 Å². The molecule has 0 saturated carbocycles. The molecule has 170 valence electrons. The summed E-state index contributed by atoms with van der Waals surface area (Å²) in [5.41, 5.74) is 5.83. The molecular weight excluding hydrogens is 442 g/mol. The van der Waals surface area contributed by atoms with Crippen LogP contribution in [0.4, 0.5) is 5.69 Å². The van der Waals surface area contributed by atoms with Gasteiger partial charge in [0.15, 0.2) is 0 Å². The highest BCUT2D eigenvalue weighted by molar-refractivity contribution is 6.04. The molecule has 6 aromatic rings. The fraction of sp³-hybridized carbons (Fsp3) is 0.0741. The lowest BCUT2D eigenvalue weighted by molar-refractivity contribution is -0.384. The lowest BCUT2D eigenvalue weighted by Gasteiger charge is -2.07. The Morgan fingerprint density at radius 3 is 2.46 bits per heavy atom. The third kappa shape index (κ3) is 3.43. The van der Waals surface area contributed by atoms with Gasteiger partial charge in [0.05, 0.1) is 39.7 Å². The molecule has 3 heterocycles. The maximum Gasteiger partial charge on any atom is 0.329 e. The maximum atomic E-state index is 13.2. The Balaban J connectivity index is 1.49. The number of aryl methyl sites for hydroxylation is 1. The normalized spacial score (nSPS) is 11.5. The van der Waals surface area contributed by atoms with Crippen LogP contribution in [-0.2, 0) is 13.6 Å². The van der Waals surface area contributed by atoms with Gasteiger partial charge in [-0.1, -0.05) is 36.4 Å². The van der Waals surface area contributed by atoms with Crippen LogP contribution < -0.4 is 5.69 Å². The molecular formula is C27H19N5O3. The van der Waals surface area contributed by atoms with Crippen LogP contribution in [0.5, 0.6) is 0 Å². The molecule has 8 heteroatoms. The van der Waals surface area contributed by atoms with Gasteiger partial charge in [0.1, 0.15) is 0 Å². The van der Waals surface area contributed by atoms with Crippen molar-refractivity contribution in [3.63, 3.8) is 0 Å². The smallest absolute Gasteiger partial charge is 0.294 e. The first kappa shape index (κ1) is 20.7. The second-order valence-electron chi connectivity index (χ2n) is 8.49. The molecule has 0 radical (unpaired) electrons. The zero-order valence-corrected chi connectivity index (χ0v) is 18.8. The largest absolute Gasteiger partial charge is 0.329 e. The molecule has 0 aliphatic heterocycles. The summed E-state index contributed by atoms with van der Waals surface area (Å²) in [6.07, 6.45) is 3.57. The summed E-state index contributed by atoms with van der Waals surface area (Å²) in [5, 5.41) is 12.9. The monoisotopic (exact) mass is 461 g/mol. The van der Waals surface area contributed by atoms with Crippen molar-refractivity contribution in [1.82, 2.24) is 19.1 Å². The molecule has 3 aromatic carbocycles. The van der Waals surface area contributed by atoms with E-state index in [0.717, 1.165) is 44.0 Å². The van der Waals surface area contributed by atoms with E-state index in [1.165, 1.54) is 12.1 Å². The van der Waals surface area contributed by atoms with Gasteiger partial charge in [-0.2, -0.15) is 0 Å². The SMILES string of the molecule is Cn1c(=O)n(Cc2ccc([N+](=O)[O-])cc2)c2cnc3ccc(-c4cnc5ccccc5c4)cc3c21. The van der Waals surface area contributed by atoms with Gasteiger partial charge in [-0.15, -0.1) is 0 Å². The minimum absolute atomic E-state index is 0.0161. The fourth-order valence-electron chi connectivity index (χ4n) is 4.56. The lowest BCUT2D eigenvalue weighted by atomic mass is 10.0.